The molecular formula is C23H23N3O4S. The number of nitrogens with one attached hydrogen (secondary N) is 1. The molecule has 7 nitrogen and oxygen atoms in total. The minimum atomic E-state index is -3.99. The highest BCUT2D eigenvalue weighted by Gasteiger charge is 2.27. The first-order valence-corrected chi connectivity index (χ1v) is 10.9. The van der Waals surface area contributed by atoms with Gasteiger partial charge in [0.25, 0.3) is 15.9 Å². The Morgan fingerprint density at radius 1 is 1.03 bits per heavy atom. The Kier molecular flexibility index (Phi) is 7.04. The average Bonchev–Trinajstić information content (AvgIpc) is 2.78. The zero-order chi connectivity index (χ0) is 22.3. The van der Waals surface area contributed by atoms with E-state index in [1.54, 1.807) is 42.5 Å². The van der Waals surface area contributed by atoms with Crippen LogP contribution in [0.1, 0.15) is 11.1 Å². The maximum absolute atomic E-state index is 13.3. The molecule has 0 unspecified atom stereocenters. The van der Waals surface area contributed by atoms with Crippen LogP contribution < -0.4 is 14.5 Å². The molecule has 0 atom stereocenters. The minimum Gasteiger partial charge on any atom is -0.497 e. The highest BCUT2D eigenvalue weighted by atomic mass is 32.2. The third-order valence-electron chi connectivity index (χ3n) is 4.40. The Balaban J connectivity index is 1.85. The number of benzene rings is 3. The van der Waals surface area contributed by atoms with Crippen LogP contribution in [0, 0.1) is 6.92 Å². The first-order valence-electron chi connectivity index (χ1n) is 9.50. The second-order valence-electron chi connectivity index (χ2n) is 6.73. The Hall–Kier alpha value is -3.65. The number of methoxy groups -OCH3 is 1. The van der Waals surface area contributed by atoms with Gasteiger partial charge in [0, 0.05) is 6.07 Å². The van der Waals surface area contributed by atoms with Crippen LogP contribution in [-0.2, 0) is 14.8 Å². The van der Waals surface area contributed by atoms with E-state index in [1.807, 2.05) is 31.2 Å². The smallest absolute Gasteiger partial charge is 0.264 e. The third kappa shape index (κ3) is 5.70. The summed E-state index contributed by atoms with van der Waals surface area (Å²) in [7, 11) is -2.50. The summed E-state index contributed by atoms with van der Waals surface area (Å²) in [4.78, 5) is 12.6. The predicted molar refractivity (Wildman–Crippen MR) is 121 cm³/mol. The first kappa shape index (κ1) is 22.0. The number of carbonyl (C=O) groups excluding carboxylic acids is 1. The topological polar surface area (TPSA) is 88.1 Å². The SMILES string of the molecule is COc1cccc(N(CC(=O)N/N=C\c2cccc(C)c2)S(=O)(=O)c2ccccc2)c1. The monoisotopic (exact) mass is 437 g/mol. The number of amides is 1. The summed E-state index contributed by atoms with van der Waals surface area (Å²) in [5, 5.41) is 3.95. The average molecular weight is 438 g/mol. The molecule has 0 aliphatic heterocycles. The fraction of sp³-hybridized carbons (Fsp3) is 0.130. The Labute approximate surface area is 182 Å². The Bertz CT molecular complexity index is 1180. The van der Waals surface area contributed by atoms with Gasteiger partial charge in [0.1, 0.15) is 12.3 Å². The molecule has 0 spiro atoms. The molecule has 0 aromatic heterocycles. The number of aryl methyl sites for hydroxylation is 1. The van der Waals surface area contributed by atoms with Gasteiger partial charge in [0.2, 0.25) is 0 Å². The van der Waals surface area contributed by atoms with Crippen molar-refractivity contribution in [2.45, 2.75) is 11.8 Å². The van der Waals surface area contributed by atoms with E-state index < -0.39 is 22.5 Å². The molecule has 160 valence electrons. The van der Waals surface area contributed by atoms with Crippen molar-refractivity contribution in [1.82, 2.24) is 5.43 Å². The van der Waals surface area contributed by atoms with Gasteiger partial charge < -0.3 is 4.74 Å². The van der Waals surface area contributed by atoms with Crippen molar-refractivity contribution in [3.63, 3.8) is 0 Å². The van der Waals surface area contributed by atoms with Crippen LogP contribution in [-0.4, -0.2) is 34.2 Å². The zero-order valence-corrected chi connectivity index (χ0v) is 18.0. The van der Waals surface area contributed by atoms with Crippen LogP contribution in [0.3, 0.4) is 0 Å². The van der Waals surface area contributed by atoms with Crippen LogP contribution in [0.5, 0.6) is 5.75 Å². The Morgan fingerprint density at radius 3 is 2.48 bits per heavy atom. The van der Waals surface area contributed by atoms with E-state index in [-0.39, 0.29) is 4.90 Å². The lowest BCUT2D eigenvalue weighted by Crippen LogP contribution is -2.39. The van der Waals surface area contributed by atoms with Gasteiger partial charge in [-0.25, -0.2) is 13.8 Å². The van der Waals surface area contributed by atoms with Crippen molar-refractivity contribution in [3.8, 4) is 5.75 Å². The van der Waals surface area contributed by atoms with Gasteiger partial charge >= 0.3 is 0 Å². The number of sulfonamides is 1. The van der Waals surface area contributed by atoms with E-state index in [4.69, 9.17) is 4.74 Å². The van der Waals surface area contributed by atoms with Gasteiger partial charge in [-0.2, -0.15) is 5.10 Å². The minimum absolute atomic E-state index is 0.0777. The summed E-state index contributed by atoms with van der Waals surface area (Å²) in [5.41, 5.74) is 4.59. The van der Waals surface area contributed by atoms with E-state index in [1.165, 1.54) is 25.5 Å². The largest absolute Gasteiger partial charge is 0.497 e. The van der Waals surface area contributed by atoms with Crippen LogP contribution >= 0.6 is 0 Å². The molecule has 0 aliphatic rings. The van der Waals surface area contributed by atoms with Crippen molar-refractivity contribution in [3.05, 3.63) is 90.0 Å². The number of ether oxygens (including phenoxy) is 1. The second-order valence-corrected chi connectivity index (χ2v) is 8.60. The van der Waals surface area contributed by atoms with Crippen molar-refractivity contribution >= 4 is 27.8 Å². The summed E-state index contributed by atoms with van der Waals surface area (Å²) < 4.78 is 32.8. The van der Waals surface area contributed by atoms with Crippen LogP contribution in [0.2, 0.25) is 0 Å². The molecule has 0 saturated heterocycles. The number of hydrogen-bond donors (Lipinski definition) is 1. The quantitative estimate of drug-likeness (QED) is 0.432. The number of rotatable bonds is 8. The molecule has 0 aliphatic carbocycles. The molecule has 3 aromatic carbocycles. The van der Waals surface area contributed by atoms with Crippen LogP contribution in [0.15, 0.2) is 88.9 Å². The van der Waals surface area contributed by atoms with Gasteiger partial charge in [-0.05, 0) is 36.8 Å². The Morgan fingerprint density at radius 2 is 1.77 bits per heavy atom. The molecular weight excluding hydrogens is 414 g/mol. The third-order valence-corrected chi connectivity index (χ3v) is 6.19. The second kappa shape index (κ2) is 9.90. The molecule has 3 aromatic rings. The molecule has 0 saturated carbocycles. The molecule has 3 rings (SSSR count). The molecule has 0 fully saturated rings. The number of hydrogen-bond acceptors (Lipinski definition) is 5. The zero-order valence-electron chi connectivity index (χ0n) is 17.2. The van der Waals surface area contributed by atoms with Crippen LogP contribution in [0.4, 0.5) is 5.69 Å². The molecule has 0 radical (unpaired) electrons. The maximum Gasteiger partial charge on any atom is 0.264 e. The van der Waals surface area contributed by atoms with E-state index in [2.05, 4.69) is 10.5 Å². The lowest BCUT2D eigenvalue weighted by atomic mass is 10.2. The van der Waals surface area contributed by atoms with E-state index >= 15 is 0 Å². The fourth-order valence-electron chi connectivity index (χ4n) is 2.90. The van der Waals surface area contributed by atoms with Gasteiger partial charge in [-0.15, -0.1) is 0 Å². The lowest BCUT2D eigenvalue weighted by Gasteiger charge is -2.24. The van der Waals surface area contributed by atoms with E-state index in [9.17, 15) is 13.2 Å². The highest BCUT2D eigenvalue weighted by Crippen LogP contribution is 2.26. The number of nitrogens with zero attached hydrogens (tertiary/aromatic N) is 2. The van der Waals surface area contributed by atoms with Crippen molar-refractivity contribution in [2.75, 3.05) is 18.0 Å². The normalized spacial score (nSPS) is 11.3. The maximum atomic E-state index is 13.3. The molecule has 1 amide bonds. The predicted octanol–water partition coefficient (Wildman–Crippen LogP) is 3.35. The summed E-state index contributed by atoms with van der Waals surface area (Å²) in [6, 6.07) is 22.1. The van der Waals surface area contributed by atoms with Crippen molar-refractivity contribution in [1.29, 1.82) is 0 Å². The molecule has 0 heterocycles. The molecule has 0 bridgehead atoms. The molecule has 8 heteroatoms. The van der Waals surface area contributed by atoms with Gasteiger partial charge in [0.05, 0.1) is 23.9 Å². The van der Waals surface area contributed by atoms with E-state index in [0.29, 0.717) is 11.4 Å². The molecule has 1 N–H and O–H groups in total. The standard InChI is InChI=1S/C23H23N3O4S/c1-18-8-6-9-19(14-18)16-24-25-23(27)17-26(20-10-7-11-21(15-20)30-2)31(28,29)22-12-4-3-5-13-22/h3-16H,17H2,1-2H3,(H,25,27)/b24-16-. The highest BCUT2D eigenvalue weighted by molar-refractivity contribution is 7.92. The lowest BCUT2D eigenvalue weighted by molar-refractivity contribution is -0.119. The summed E-state index contributed by atoms with van der Waals surface area (Å²) in [5.74, 6) is -0.102. The van der Waals surface area contributed by atoms with Gasteiger partial charge in [-0.1, -0.05) is 54.1 Å². The van der Waals surface area contributed by atoms with Gasteiger partial charge in [0.15, 0.2) is 0 Å². The fourth-order valence-corrected chi connectivity index (χ4v) is 4.33. The summed E-state index contributed by atoms with van der Waals surface area (Å²) in [6.07, 6.45) is 1.51. The first-order chi connectivity index (χ1) is 14.9. The van der Waals surface area contributed by atoms with Crippen LogP contribution in [0.25, 0.3) is 0 Å². The number of anilines is 1. The van der Waals surface area contributed by atoms with Gasteiger partial charge in [-0.3, -0.25) is 9.10 Å². The summed E-state index contributed by atoms with van der Waals surface area (Å²) >= 11 is 0. The number of hydrazone groups is 1. The van der Waals surface area contributed by atoms with Crippen molar-refractivity contribution < 1.29 is 17.9 Å². The van der Waals surface area contributed by atoms with Crippen molar-refractivity contribution in [2.24, 2.45) is 5.10 Å². The number of carbonyl (C=O) groups is 1. The van der Waals surface area contributed by atoms with E-state index in [0.717, 1.165) is 15.4 Å². The summed E-state index contributed by atoms with van der Waals surface area (Å²) in [6.45, 7) is 1.51. The molecule has 31 heavy (non-hydrogen) atoms.